The van der Waals surface area contributed by atoms with E-state index in [9.17, 15) is 0 Å². The summed E-state index contributed by atoms with van der Waals surface area (Å²) in [7, 11) is 1.75. The second kappa shape index (κ2) is 4.33. The summed E-state index contributed by atoms with van der Waals surface area (Å²) in [4.78, 5) is 7.89. The standard InChI is InChI=1S/C10H14ClN3O/c1-15-10(3-2-4-10)6-13-9-8(11)5-12-7-14-9/h5,7H,2-4,6H2,1H3,(H,12,13,14). The first-order valence-electron chi connectivity index (χ1n) is 5.00. The largest absolute Gasteiger partial charge is 0.376 e. The Morgan fingerprint density at radius 3 is 2.93 bits per heavy atom. The van der Waals surface area contributed by atoms with Crippen LogP contribution in [-0.2, 0) is 4.74 Å². The van der Waals surface area contributed by atoms with Crippen molar-refractivity contribution in [3.05, 3.63) is 17.5 Å². The zero-order chi connectivity index (χ0) is 10.7. The SMILES string of the molecule is COC1(CNc2ncncc2Cl)CCC1. The average molecular weight is 228 g/mol. The number of nitrogens with one attached hydrogen (secondary N) is 1. The predicted molar refractivity (Wildman–Crippen MR) is 59.1 cm³/mol. The van der Waals surface area contributed by atoms with Gasteiger partial charge in [-0.05, 0) is 19.3 Å². The van der Waals surface area contributed by atoms with E-state index in [1.807, 2.05) is 0 Å². The third kappa shape index (κ3) is 2.21. The van der Waals surface area contributed by atoms with Crippen molar-refractivity contribution in [1.82, 2.24) is 9.97 Å². The summed E-state index contributed by atoms with van der Waals surface area (Å²) in [5, 5.41) is 3.74. The van der Waals surface area contributed by atoms with E-state index in [0.717, 1.165) is 19.4 Å². The van der Waals surface area contributed by atoms with Gasteiger partial charge in [0.15, 0.2) is 0 Å². The molecule has 5 heteroatoms. The number of methoxy groups -OCH3 is 1. The zero-order valence-electron chi connectivity index (χ0n) is 8.66. The van der Waals surface area contributed by atoms with Gasteiger partial charge in [0.1, 0.15) is 17.2 Å². The molecule has 0 amide bonds. The number of nitrogens with zero attached hydrogens (tertiary/aromatic N) is 2. The highest BCUT2D eigenvalue weighted by Gasteiger charge is 2.36. The molecular weight excluding hydrogens is 214 g/mol. The summed E-state index contributed by atoms with van der Waals surface area (Å²) < 4.78 is 5.49. The summed E-state index contributed by atoms with van der Waals surface area (Å²) in [6.45, 7) is 0.750. The Balaban J connectivity index is 1.95. The second-order valence-electron chi connectivity index (χ2n) is 3.81. The van der Waals surface area contributed by atoms with Crippen LogP contribution in [0.2, 0.25) is 5.02 Å². The van der Waals surface area contributed by atoms with Crippen LogP contribution >= 0.6 is 11.6 Å². The van der Waals surface area contributed by atoms with E-state index in [4.69, 9.17) is 16.3 Å². The quantitative estimate of drug-likeness (QED) is 0.856. The highest BCUT2D eigenvalue weighted by molar-refractivity contribution is 6.32. The normalized spacial score (nSPS) is 18.3. The molecule has 1 fully saturated rings. The van der Waals surface area contributed by atoms with E-state index in [1.165, 1.54) is 12.7 Å². The molecule has 0 spiro atoms. The van der Waals surface area contributed by atoms with Crippen LogP contribution in [0.3, 0.4) is 0 Å². The molecule has 1 aliphatic rings. The molecule has 0 bridgehead atoms. The maximum Gasteiger partial charge on any atom is 0.148 e. The molecule has 0 saturated heterocycles. The molecule has 2 rings (SSSR count). The monoisotopic (exact) mass is 227 g/mol. The zero-order valence-corrected chi connectivity index (χ0v) is 9.42. The maximum atomic E-state index is 5.93. The average Bonchev–Trinajstić information content (AvgIpc) is 2.19. The predicted octanol–water partition coefficient (Wildman–Crippen LogP) is 2.11. The fourth-order valence-electron chi connectivity index (χ4n) is 1.71. The highest BCUT2D eigenvalue weighted by atomic mass is 35.5. The number of hydrogen-bond donors (Lipinski definition) is 1. The molecule has 1 aliphatic carbocycles. The van der Waals surface area contributed by atoms with Crippen molar-refractivity contribution in [1.29, 1.82) is 0 Å². The van der Waals surface area contributed by atoms with Crippen LogP contribution < -0.4 is 5.32 Å². The van der Waals surface area contributed by atoms with Crippen molar-refractivity contribution in [2.45, 2.75) is 24.9 Å². The van der Waals surface area contributed by atoms with Gasteiger partial charge in [-0.3, -0.25) is 0 Å². The van der Waals surface area contributed by atoms with E-state index in [1.54, 1.807) is 13.3 Å². The summed E-state index contributed by atoms with van der Waals surface area (Å²) in [6.07, 6.45) is 6.48. The van der Waals surface area contributed by atoms with Gasteiger partial charge in [0.2, 0.25) is 0 Å². The highest BCUT2D eigenvalue weighted by Crippen LogP contribution is 2.35. The molecule has 82 valence electrons. The number of anilines is 1. The first-order valence-corrected chi connectivity index (χ1v) is 5.38. The van der Waals surface area contributed by atoms with Gasteiger partial charge in [-0.2, -0.15) is 0 Å². The van der Waals surface area contributed by atoms with Crippen molar-refractivity contribution in [3.63, 3.8) is 0 Å². The lowest BCUT2D eigenvalue weighted by Crippen LogP contribution is -2.45. The summed E-state index contributed by atoms with van der Waals surface area (Å²) >= 11 is 5.93. The second-order valence-corrected chi connectivity index (χ2v) is 4.22. The third-order valence-electron chi connectivity index (χ3n) is 2.94. The molecule has 4 nitrogen and oxygen atoms in total. The maximum absolute atomic E-state index is 5.93. The number of halogens is 1. The third-order valence-corrected chi connectivity index (χ3v) is 3.22. The first kappa shape index (κ1) is 10.6. The molecular formula is C10H14ClN3O. The first-order chi connectivity index (χ1) is 7.26. The molecule has 1 N–H and O–H groups in total. The number of aromatic nitrogens is 2. The Morgan fingerprint density at radius 2 is 2.40 bits per heavy atom. The van der Waals surface area contributed by atoms with Gasteiger partial charge in [-0.25, -0.2) is 9.97 Å². The van der Waals surface area contributed by atoms with E-state index in [0.29, 0.717) is 10.8 Å². The van der Waals surface area contributed by atoms with Gasteiger partial charge in [0.25, 0.3) is 0 Å². The lowest BCUT2D eigenvalue weighted by Gasteiger charge is -2.40. The van der Waals surface area contributed by atoms with Crippen LogP contribution in [0.15, 0.2) is 12.5 Å². The molecule has 0 unspecified atom stereocenters. The van der Waals surface area contributed by atoms with Crippen molar-refractivity contribution in [3.8, 4) is 0 Å². The van der Waals surface area contributed by atoms with Crippen LogP contribution in [0.25, 0.3) is 0 Å². The smallest absolute Gasteiger partial charge is 0.148 e. The molecule has 1 saturated carbocycles. The lowest BCUT2D eigenvalue weighted by molar-refractivity contribution is -0.0601. The Hall–Kier alpha value is -0.870. The topological polar surface area (TPSA) is 47.0 Å². The van der Waals surface area contributed by atoms with Gasteiger partial charge >= 0.3 is 0 Å². The molecule has 0 aromatic carbocycles. The minimum Gasteiger partial charge on any atom is -0.376 e. The van der Waals surface area contributed by atoms with Crippen LogP contribution in [0.1, 0.15) is 19.3 Å². The fraction of sp³-hybridized carbons (Fsp3) is 0.600. The van der Waals surface area contributed by atoms with E-state index in [2.05, 4.69) is 15.3 Å². The van der Waals surface area contributed by atoms with Crippen LogP contribution in [0.4, 0.5) is 5.82 Å². The Kier molecular flexibility index (Phi) is 3.07. The van der Waals surface area contributed by atoms with Crippen molar-refractivity contribution in [2.75, 3.05) is 19.0 Å². The Labute approximate surface area is 94.0 Å². The van der Waals surface area contributed by atoms with Crippen LogP contribution in [0, 0.1) is 0 Å². The van der Waals surface area contributed by atoms with Gasteiger partial charge in [0, 0.05) is 13.7 Å². The van der Waals surface area contributed by atoms with Crippen LogP contribution in [0.5, 0.6) is 0 Å². The molecule has 0 aliphatic heterocycles. The number of ether oxygens (including phenoxy) is 1. The van der Waals surface area contributed by atoms with Crippen molar-refractivity contribution in [2.24, 2.45) is 0 Å². The fourth-order valence-corrected chi connectivity index (χ4v) is 1.88. The molecule has 0 atom stereocenters. The lowest BCUT2D eigenvalue weighted by atomic mass is 9.80. The van der Waals surface area contributed by atoms with Crippen LogP contribution in [-0.4, -0.2) is 29.2 Å². The minimum absolute atomic E-state index is 0.0196. The number of hydrogen-bond acceptors (Lipinski definition) is 4. The Morgan fingerprint density at radius 1 is 1.60 bits per heavy atom. The van der Waals surface area contributed by atoms with Crippen molar-refractivity contribution >= 4 is 17.4 Å². The summed E-state index contributed by atoms with van der Waals surface area (Å²) in [6, 6.07) is 0. The van der Waals surface area contributed by atoms with Gasteiger partial charge in [-0.15, -0.1) is 0 Å². The summed E-state index contributed by atoms with van der Waals surface area (Å²) in [5.41, 5.74) is -0.0196. The number of rotatable bonds is 4. The molecule has 1 heterocycles. The van der Waals surface area contributed by atoms with Gasteiger partial charge in [0.05, 0.1) is 11.8 Å². The molecule has 1 aromatic rings. The van der Waals surface area contributed by atoms with Gasteiger partial charge in [-0.1, -0.05) is 11.6 Å². The van der Waals surface area contributed by atoms with Crippen molar-refractivity contribution < 1.29 is 4.74 Å². The molecule has 0 radical (unpaired) electrons. The van der Waals surface area contributed by atoms with E-state index in [-0.39, 0.29) is 5.60 Å². The molecule has 15 heavy (non-hydrogen) atoms. The van der Waals surface area contributed by atoms with E-state index < -0.39 is 0 Å². The van der Waals surface area contributed by atoms with E-state index >= 15 is 0 Å². The summed E-state index contributed by atoms with van der Waals surface area (Å²) in [5.74, 6) is 0.676. The Bertz CT molecular complexity index is 336. The van der Waals surface area contributed by atoms with Gasteiger partial charge < -0.3 is 10.1 Å². The molecule has 1 aromatic heterocycles. The minimum atomic E-state index is -0.0196.